The van der Waals surface area contributed by atoms with Gasteiger partial charge in [0.15, 0.2) is 5.82 Å². The standard InChI is InChI=1S/C25H36N6O4/c1-18-9-7-8-12-31(18)22(32)14-30-13-21(27-17-30)29-23(33)20(28-24(34)25(2,3)26)16-35-15-19-10-5-4-6-11-19/h4-6,10-11,13,17-18,20H,7-9,12,14-16,26H2,1-3H3,(H,28,34)(H,29,33)/t18?,20-/m1/s1. The van der Waals surface area contributed by atoms with E-state index >= 15 is 0 Å². The van der Waals surface area contributed by atoms with Crippen molar-refractivity contribution in [1.29, 1.82) is 0 Å². The van der Waals surface area contributed by atoms with Gasteiger partial charge in [-0.05, 0) is 45.6 Å². The molecule has 10 heteroatoms. The molecule has 3 amide bonds. The van der Waals surface area contributed by atoms with Crippen LogP contribution in [-0.4, -0.2) is 62.9 Å². The smallest absolute Gasteiger partial charge is 0.250 e. The van der Waals surface area contributed by atoms with E-state index in [1.54, 1.807) is 24.6 Å². The molecule has 4 N–H and O–H groups in total. The highest BCUT2D eigenvalue weighted by molar-refractivity contribution is 5.98. The molecule has 1 aromatic heterocycles. The fourth-order valence-corrected chi connectivity index (χ4v) is 3.84. The maximum atomic E-state index is 13.0. The van der Waals surface area contributed by atoms with E-state index in [1.807, 2.05) is 35.2 Å². The Labute approximate surface area is 206 Å². The second-order valence-electron chi connectivity index (χ2n) is 9.60. The molecule has 2 aromatic rings. The summed E-state index contributed by atoms with van der Waals surface area (Å²) < 4.78 is 7.34. The number of hydrogen-bond acceptors (Lipinski definition) is 6. The van der Waals surface area contributed by atoms with E-state index in [4.69, 9.17) is 10.5 Å². The Hall–Kier alpha value is -3.24. The van der Waals surface area contributed by atoms with Gasteiger partial charge in [0.2, 0.25) is 11.8 Å². The summed E-state index contributed by atoms with van der Waals surface area (Å²) in [5, 5.41) is 5.35. The molecule has 1 saturated heterocycles. The third-order valence-electron chi connectivity index (χ3n) is 5.93. The number of carbonyl (C=O) groups is 3. The molecular weight excluding hydrogens is 448 g/mol. The molecule has 0 aliphatic carbocycles. The molecule has 10 nitrogen and oxygen atoms in total. The van der Waals surface area contributed by atoms with Gasteiger partial charge in [0, 0.05) is 18.8 Å². The summed E-state index contributed by atoms with van der Waals surface area (Å²) in [6.45, 7) is 6.34. The van der Waals surface area contributed by atoms with Crippen LogP contribution in [0.2, 0.25) is 0 Å². The molecule has 190 valence electrons. The van der Waals surface area contributed by atoms with Crippen LogP contribution in [0.15, 0.2) is 42.9 Å². The Bertz CT molecular complexity index is 1000. The fraction of sp³-hybridized carbons (Fsp3) is 0.520. The van der Waals surface area contributed by atoms with Crippen LogP contribution in [-0.2, 0) is 32.3 Å². The first-order valence-electron chi connectivity index (χ1n) is 12.0. The number of amides is 3. The van der Waals surface area contributed by atoms with Crippen molar-refractivity contribution >= 4 is 23.5 Å². The molecular formula is C25H36N6O4. The van der Waals surface area contributed by atoms with Crippen molar-refractivity contribution in [3.05, 3.63) is 48.4 Å². The summed E-state index contributed by atoms with van der Waals surface area (Å²) in [7, 11) is 0. The number of nitrogens with two attached hydrogens (primary N) is 1. The Morgan fingerprint density at radius 3 is 2.66 bits per heavy atom. The molecule has 1 aliphatic heterocycles. The van der Waals surface area contributed by atoms with Crippen LogP contribution in [0.25, 0.3) is 0 Å². The van der Waals surface area contributed by atoms with E-state index in [2.05, 4.69) is 22.5 Å². The quantitative estimate of drug-likeness (QED) is 0.470. The molecule has 2 atom stereocenters. The van der Waals surface area contributed by atoms with Gasteiger partial charge in [0.05, 0.1) is 25.1 Å². The Morgan fingerprint density at radius 1 is 1.23 bits per heavy atom. The normalized spacial score (nSPS) is 17.0. The van der Waals surface area contributed by atoms with Gasteiger partial charge in [-0.15, -0.1) is 0 Å². The van der Waals surface area contributed by atoms with Gasteiger partial charge in [-0.2, -0.15) is 0 Å². The summed E-state index contributed by atoms with van der Waals surface area (Å²) in [5.41, 5.74) is 5.67. The van der Waals surface area contributed by atoms with E-state index in [0.717, 1.165) is 31.4 Å². The summed E-state index contributed by atoms with van der Waals surface area (Å²) >= 11 is 0. The monoisotopic (exact) mass is 484 g/mol. The lowest BCUT2D eigenvalue weighted by Gasteiger charge is -2.33. The summed E-state index contributed by atoms with van der Waals surface area (Å²) in [4.78, 5) is 44.2. The van der Waals surface area contributed by atoms with Crippen LogP contribution >= 0.6 is 0 Å². The zero-order chi connectivity index (χ0) is 25.4. The van der Waals surface area contributed by atoms with Gasteiger partial charge in [0.25, 0.3) is 5.91 Å². The predicted molar refractivity (Wildman–Crippen MR) is 132 cm³/mol. The lowest BCUT2D eigenvalue weighted by Crippen LogP contribution is -2.56. The molecule has 35 heavy (non-hydrogen) atoms. The molecule has 1 aromatic carbocycles. The number of nitrogens with zero attached hydrogens (tertiary/aromatic N) is 3. The van der Waals surface area contributed by atoms with E-state index in [9.17, 15) is 14.4 Å². The second kappa shape index (κ2) is 11.9. The number of benzene rings is 1. The molecule has 0 radical (unpaired) electrons. The van der Waals surface area contributed by atoms with Gasteiger partial charge in [0.1, 0.15) is 12.6 Å². The van der Waals surface area contributed by atoms with Gasteiger partial charge < -0.3 is 30.6 Å². The van der Waals surface area contributed by atoms with E-state index in [1.165, 1.54) is 6.33 Å². The molecule has 1 unspecified atom stereocenters. The van der Waals surface area contributed by atoms with Gasteiger partial charge in [-0.3, -0.25) is 14.4 Å². The number of anilines is 1. The number of piperidine rings is 1. The highest BCUT2D eigenvalue weighted by atomic mass is 16.5. The van der Waals surface area contributed by atoms with Gasteiger partial charge >= 0.3 is 0 Å². The first kappa shape index (κ1) is 26.4. The van der Waals surface area contributed by atoms with Crippen LogP contribution < -0.4 is 16.4 Å². The van der Waals surface area contributed by atoms with Crippen LogP contribution in [0.4, 0.5) is 5.82 Å². The highest BCUT2D eigenvalue weighted by Gasteiger charge is 2.29. The predicted octanol–water partition coefficient (Wildman–Crippen LogP) is 1.66. The minimum absolute atomic E-state index is 0.0251. The van der Waals surface area contributed by atoms with Crippen LogP contribution in [0.1, 0.15) is 45.6 Å². The zero-order valence-electron chi connectivity index (χ0n) is 20.7. The molecule has 0 bridgehead atoms. The minimum Gasteiger partial charge on any atom is -0.374 e. The largest absolute Gasteiger partial charge is 0.374 e. The van der Waals surface area contributed by atoms with E-state index < -0.39 is 23.4 Å². The summed E-state index contributed by atoms with van der Waals surface area (Å²) in [6.07, 6.45) is 6.27. The van der Waals surface area contributed by atoms with E-state index in [0.29, 0.717) is 0 Å². The first-order valence-corrected chi connectivity index (χ1v) is 12.0. The number of rotatable bonds is 10. The van der Waals surface area contributed by atoms with Crippen molar-refractivity contribution in [3.63, 3.8) is 0 Å². The Morgan fingerprint density at radius 2 is 1.97 bits per heavy atom. The lowest BCUT2D eigenvalue weighted by molar-refractivity contribution is -0.135. The number of likely N-dealkylation sites (tertiary alicyclic amines) is 1. The Balaban J connectivity index is 1.59. The number of nitrogens with one attached hydrogen (secondary N) is 2. The van der Waals surface area contributed by atoms with Crippen molar-refractivity contribution in [1.82, 2.24) is 19.8 Å². The summed E-state index contributed by atoms with van der Waals surface area (Å²) in [6, 6.07) is 8.78. The number of hydrogen-bond donors (Lipinski definition) is 3. The number of ether oxygens (including phenoxy) is 1. The fourth-order valence-electron chi connectivity index (χ4n) is 3.84. The molecule has 2 heterocycles. The zero-order valence-corrected chi connectivity index (χ0v) is 20.7. The SMILES string of the molecule is CC1CCCCN1C(=O)Cn1cnc(NC(=O)[C@@H](COCc2ccccc2)NC(=O)C(C)(C)N)c1. The van der Waals surface area contributed by atoms with Gasteiger partial charge in [-0.1, -0.05) is 30.3 Å². The molecule has 1 aliphatic rings. The van der Waals surface area contributed by atoms with E-state index in [-0.39, 0.29) is 37.5 Å². The van der Waals surface area contributed by atoms with Crippen molar-refractivity contribution in [2.75, 3.05) is 18.5 Å². The minimum atomic E-state index is -1.16. The molecule has 0 spiro atoms. The van der Waals surface area contributed by atoms with Crippen molar-refractivity contribution in [2.45, 2.75) is 70.8 Å². The molecule has 1 fully saturated rings. The number of carbonyl (C=O) groups excluding carboxylic acids is 3. The molecule has 3 rings (SSSR count). The number of aromatic nitrogens is 2. The molecule has 0 saturated carbocycles. The van der Waals surface area contributed by atoms with Crippen molar-refractivity contribution in [2.24, 2.45) is 5.73 Å². The topological polar surface area (TPSA) is 132 Å². The first-order chi connectivity index (χ1) is 16.6. The van der Waals surface area contributed by atoms with Crippen LogP contribution in [0.3, 0.4) is 0 Å². The highest BCUT2D eigenvalue weighted by Crippen LogP contribution is 2.17. The Kier molecular flexibility index (Phi) is 9.00. The van der Waals surface area contributed by atoms with Gasteiger partial charge in [-0.25, -0.2) is 4.98 Å². The second-order valence-corrected chi connectivity index (χ2v) is 9.60. The lowest BCUT2D eigenvalue weighted by atomic mass is 10.0. The number of imidazole rings is 1. The maximum Gasteiger partial charge on any atom is 0.250 e. The van der Waals surface area contributed by atoms with Crippen molar-refractivity contribution in [3.8, 4) is 0 Å². The maximum absolute atomic E-state index is 13.0. The summed E-state index contributed by atoms with van der Waals surface area (Å²) in [5.74, 6) is -0.662. The van der Waals surface area contributed by atoms with Crippen LogP contribution in [0, 0.1) is 0 Å². The van der Waals surface area contributed by atoms with Crippen LogP contribution in [0.5, 0.6) is 0 Å². The average molecular weight is 485 g/mol. The third-order valence-corrected chi connectivity index (χ3v) is 5.93. The average Bonchev–Trinajstić information content (AvgIpc) is 3.25. The third kappa shape index (κ3) is 7.90. The van der Waals surface area contributed by atoms with Crippen molar-refractivity contribution < 1.29 is 19.1 Å².